The Morgan fingerprint density at radius 2 is 2.08 bits per heavy atom. The number of rotatable bonds is 6. The van der Waals surface area contributed by atoms with Crippen LogP contribution >= 0.6 is 0 Å². The van der Waals surface area contributed by atoms with Gasteiger partial charge in [0, 0.05) is 0 Å². The van der Waals surface area contributed by atoms with Gasteiger partial charge in [-0.25, -0.2) is 9.59 Å². The average Bonchev–Trinajstić information content (AvgIpc) is 3.05. The number of anilines is 1. The summed E-state index contributed by atoms with van der Waals surface area (Å²) < 4.78 is 15.0. The second-order valence-corrected chi connectivity index (χ2v) is 5.15. The van der Waals surface area contributed by atoms with Crippen LogP contribution in [0.25, 0.3) is 0 Å². The first-order valence-electron chi connectivity index (χ1n) is 7.62. The van der Waals surface area contributed by atoms with Crippen LogP contribution in [0.4, 0.5) is 10.5 Å². The molecule has 2 aromatic rings. The zero-order valence-electron chi connectivity index (χ0n) is 14.5. The fraction of sp³-hybridized carbons (Fsp3) is 0.375. The third-order valence-electron chi connectivity index (χ3n) is 3.42. The number of esters is 1. The minimum Gasteiger partial charge on any atom is -0.495 e. The molecule has 2 N–H and O–H groups in total. The summed E-state index contributed by atoms with van der Waals surface area (Å²) >= 11 is 0. The number of amides is 2. The van der Waals surface area contributed by atoms with Gasteiger partial charge in [0.2, 0.25) is 5.89 Å². The SMILES string of the molecule is CCC(NC(=O)Nc1cc(C(=O)OC)ccc1OC)c1nc(C)no1. The van der Waals surface area contributed by atoms with Gasteiger partial charge >= 0.3 is 12.0 Å². The molecule has 2 amide bonds. The number of carbonyl (C=O) groups is 2. The predicted molar refractivity (Wildman–Crippen MR) is 88.6 cm³/mol. The molecule has 0 fully saturated rings. The summed E-state index contributed by atoms with van der Waals surface area (Å²) in [6, 6.07) is 3.66. The van der Waals surface area contributed by atoms with E-state index in [-0.39, 0.29) is 5.56 Å². The standard InChI is InChI=1S/C16H20N4O5/c1-5-11(14-17-9(2)20-25-14)18-16(22)19-12-8-10(15(21)24-4)6-7-13(12)23-3/h6-8,11H,5H2,1-4H3,(H2,18,19,22). The summed E-state index contributed by atoms with van der Waals surface area (Å²) in [5.74, 6) is 0.705. The fourth-order valence-electron chi connectivity index (χ4n) is 2.16. The number of nitrogens with one attached hydrogen (secondary N) is 2. The van der Waals surface area contributed by atoms with Crippen LogP contribution in [-0.2, 0) is 4.74 Å². The highest BCUT2D eigenvalue weighted by atomic mass is 16.5. The molecule has 1 heterocycles. The summed E-state index contributed by atoms with van der Waals surface area (Å²) in [7, 11) is 2.75. The Balaban J connectivity index is 2.14. The normalized spacial score (nSPS) is 11.5. The number of urea groups is 1. The topological polar surface area (TPSA) is 116 Å². The average molecular weight is 348 g/mol. The minimum atomic E-state index is -0.515. The van der Waals surface area contributed by atoms with Gasteiger partial charge in [-0.05, 0) is 31.5 Å². The van der Waals surface area contributed by atoms with Crippen LogP contribution in [0.2, 0.25) is 0 Å². The number of hydrogen-bond donors (Lipinski definition) is 2. The first-order valence-corrected chi connectivity index (χ1v) is 7.62. The van der Waals surface area contributed by atoms with Crippen LogP contribution in [0.1, 0.15) is 41.5 Å². The van der Waals surface area contributed by atoms with E-state index in [0.29, 0.717) is 29.6 Å². The van der Waals surface area contributed by atoms with Crippen LogP contribution in [0.15, 0.2) is 22.7 Å². The number of ether oxygens (including phenoxy) is 2. The van der Waals surface area contributed by atoms with Gasteiger partial charge in [-0.1, -0.05) is 12.1 Å². The Labute approximate surface area is 144 Å². The van der Waals surface area contributed by atoms with E-state index >= 15 is 0 Å². The Kier molecular flexibility index (Phi) is 5.93. The molecule has 0 aliphatic rings. The maximum Gasteiger partial charge on any atom is 0.337 e. The van der Waals surface area contributed by atoms with Gasteiger partial charge in [0.25, 0.3) is 0 Å². The summed E-state index contributed by atoms with van der Waals surface area (Å²) in [4.78, 5) is 28.1. The summed E-state index contributed by atoms with van der Waals surface area (Å²) in [6.45, 7) is 3.58. The van der Waals surface area contributed by atoms with Gasteiger partial charge < -0.3 is 24.6 Å². The van der Waals surface area contributed by atoms with E-state index in [1.165, 1.54) is 20.3 Å². The number of hydrogen-bond acceptors (Lipinski definition) is 7. The van der Waals surface area contributed by atoms with E-state index < -0.39 is 18.0 Å². The molecule has 1 aromatic heterocycles. The van der Waals surface area contributed by atoms with Gasteiger partial charge in [-0.3, -0.25) is 0 Å². The lowest BCUT2D eigenvalue weighted by Crippen LogP contribution is -2.32. The molecule has 2 rings (SSSR count). The van der Waals surface area contributed by atoms with E-state index in [0.717, 1.165) is 0 Å². The second kappa shape index (κ2) is 8.13. The first kappa shape index (κ1) is 18.2. The summed E-state index contributed by atoms with van der Waals surface area (Å²) in [6.07, 6.45) is 0.564. The third kappa shape index (κ3) is 4.46. The van der Waals surface area contributed by atoms with Gasteiger partial charge in [0.15, 0.2) is 5.82 Å². The molecule has 1 atom stereocenters. The largest absolute Gasteiger partial charge is 0.495 e. The smallest absolute Gasteiger partial charge is 0.337 e. The van der Waals surface area contributed by atoms with Crippen molar-refractivity contribution >= 4 is 17.7 Å². The first-order chi connectivity index (χ1) is 12.0. The molecule has 0 saturated heterocycles. The molecule has 9 nitrogen and oxygen atoms in total. The van der Waals surface area contributed by atoms with Crippen LogP contribution in [0.3, 0.4) is 0 Å². The summed E-state index contributed by atoms with van der Waals surface area (Å²) in [5, 5.41) is 9.11. The molecular formula is C16H20N4O5. The maximum atomic E-state index is 12.3. The fourth-order valence-corrected chi connectivity index (χ4v) is 2.16. The Morgan fingerprint density at radius 3 is 2.64 bits per heavy atom. The van der Waals surface area contributed by atoms with Gasteiger partial charge in [-0.2, -0.15) is 4.98 Å². The molecule has 0 aliphatic heterocycles. The van der Waals surface area contributed by atoms with Crippen LogP contribution in [0, 0.1) is 6.92 Å². The van der Waals surface area contributed by atoms with Crippen molar-refractivity contribution in [3.05, 3.63) is 35.5 Å². The van der Waals surface area contributed by atoms with Crippen molar-refractivity contribution in [2.75, 3.05) is 19.5 Å². The molecule has 134 valence electrons. The van der Waals surface area contributed by atoms with Crippen molar-refractivity contribution < 1.29 is 23.6 Å². The highest BCUT2D eigenvalue weighted by Crippen LogP contribution is 2.26. The Morgan fingerprint density at radius 1 is 1.32 bits per heavy atom. The van der Waals surface area contributed by atoms with Gasteiger partial charge in [0.05, 0.1) is 25.5 Å². The molecule has 0 bridgehead atoms. The number of aryl methyl sites for hydroxylation is 1. The van der Waals surface area contributed by atoms with Crippen LogP contribution < -0.4 is 15.4 Å². The van der Waals surface area contributed by atoms with Crippen molar-refractivity contribution in [1.82, 2.24) is 15.5 Å². The van der Waals surface area contributed by atoms with Crippen molar-refractivity contribution in [3.63, 3.8) is 0 Å². The molecule has 25 heavy (non-hydrogen) atoms. The van der Waals surface area contributed by atoms with Gasteiger partial charge in [-0.15, -0.1) is 0 Å². The quantitative estimate of drug-likeness (QED) is 0.770. The number of methoxy groups -OCH3 is 2. The van der Waals surface area contributed by atoms with Crippen molar-refractivity contribution in [2.24, 2.45) is 0 Å². The molecule has 0 saturated carbocycles. The number of benzene rings is 1. The molecule has 0 spiro atoms. The van der Waals surface area contributed by atoms with E-state index in [1.54, 1.807) is 19.1 Å². The molecule has 1 aromatic carbocycles. The highest BCUT2D eigenvalue weighted by Gasteiger charge is 2.20. The van der Waals surface area contributed by atoms with Crippen molar-refractivity contribution in [1.29, 1.82) is 0 Å². The highest BCUT2D eigenvalue weighted by molar-refractivity contribution is 5.95. The van der Waals surface area contributed by atoms with Crippen molar-refractivity contribution in [3.8, 4) is 5.75 Å². The zero-order valence-corrected chi connectivity index (χ0v) is 14.5. The molecule has 1 unspecified atom stereocenters. The molecule has 0 radical (unpaired) electrons. The number of aromatic nitrogens is 2. The van der Waals surface area contributed by atoms with E-state index in [4.69, 9.17) is 9.26 Å². The lowest BCUT2D eigenvalue weighted by molar-refractivity contribution is 0.0600. The van der Waals surface area contributed by atoms with Crippen LogP contribution in [-0.4, -0.2) is 36.4 Å². The number of nitrogens with zero attached hydrogens (tertiary/aromatic N) is 2. The summed E-state index contributed by atoms with van der Waals surface area (Å²) in [5.41, 5.74) is 0.623. The van der Waals surface area contributed by atoms with Crippen LogP contribution in [0.5, 0.6) is 5.75 Å². The third-order valence-corrected chi connectivity index (χ3v) is 3.42. The van der Waals surface area contributed by atoms with E-state index in [2.05, 4.69) is 25.5 Å². The van der Waals surface area contributed by atoms with Crippen molar-refractivity contribution in [2.45, 2.75) is 26.3 Å². The molecule has 0 aliphatic carbocycles. The Bertz CT molecular complexity index is 759. The number of carbonyl (C=O) groups excluding carboxylic acids is 2. The maximum absolute atomic E-state index is 12.3. The monoisotopic (exact) mass is 348 g/mol. The minimum absolute atomic E-state index is 0.290. The second-order valence-electron chi connectivity index (χ2n) is 5.15. The van der Waals surface area contributed by atoms with E-state index in [9.17, 15) is 9.59 Å². The zero-order chi connectivity index (χ0) is 18.4. The lowest BCUT2D eigenvalue weighted by atomic mass is 10.2. The molecular weight excluding hydrogens is 328 g/mol. The lowest BCUT2D eigenvalue weighted by Gasteiger charge is -2.15. The van der Waals surface area contributed by atoms with Gasteiger partial charge in [0.1, 0.15) is 11.8 Å². The molecule has 9 heteroatoms. The Hall–Kier alpha value is -3.10. The van der Waals surface area contributed by atoms with E-state index in [1.807, 2.05) is 6.92 Å². The predicted octanol–water partition coefficient (Wildman–Crippen LogP) is 2.45.